The summed E-state index contributed by atoms with van der Waals surface area (Å²) in [6, 6.07) is 14.4. The highest BCUT2D eigenvalue weighted by atomic mass is 35.5. The Kier molecular flexibility index (Phi) is 3.21. The SMILES string of the molecule is C[CH+]c1c(Cl)cccc1-c1ccccc1C. The van der Waals surface area contributed by atoms with Gasteiger partial charge in [-0.15, -0.1) is 0 Å². The Morgan fingerprint density at radius 1 is 0.938 bits per heavy atom. The van der Waals surface area contributed by atoms with Crippen molar-refractivity contribution in [1.82, 2.24) is 0 Å². The second kappa shape index (κ2) is 4.63. The van der Waals surface area contributed by atoms with Gasteiger partial charge in [0.25, 0.3) is 0 Å². The molecule has 0 nitrogen and oxygen atoms in total. The molecule has 0 radical (unpaired) electrons. The molecule has 0 amide bonds. The maximum atomic E-state index is 6.20. The molecule has 0 bridgehead atoms. The van der Waals surface area contributed by atoms with E-state index in [0.717, 1.165) is 10.6 Å². The van der Waals surface area contributed by atoms with Gasteiger partial charge in [-0.05, 0) is 24.6 Å². The van der Waals surface area contributed by atoms with Gasteiger partial charge in [-0.2, -0.15) is 0 Å². The van der Waals surface area contributed by atoms with Crippen molar-refractivity contribution in [1.29, 1.82) is 0 Å². The molecule has 16 heavy (non-hydrogen) atoms. The third-order valence-electron chi connectivity index (χ3n) is 2.78. The first-order chi connectivity index (χ1) is 7.74. The summed E-state index contributed by atoms with van der Waals surface area (Å²) in [4.78, 5) is 0. The monoisotopic (exact) mass is 229 g/mol. The molecule has 0 spiro atoms. The summed E-state index contributed by atoms with van der Waals surface area (Å²) in [7, 11) is 0. The molecule has 0 unspecified atom stereocenters. The maximum absolute atomic E-state index is 6.20. The summed E-state index contributed by atoms with van der Waals surface area (Å²) in [5.41, 5.74) is 4.83. The van der Waals surface area contributed by atoms with Crippen LogP contribution in [0.4, 0.5) is 0 Å². The van der Waals surface area contributed by atoms with E-state index in [1.807, 2.05) is 19.1 Å². The average Bonchev–Trinajstić information content (AvgIpc) is 2.29. The van der Waals surface area contributed by atoms with E-state index < -0.39 is 0 Å². The largest absolute Gasteiger partial charge is 0.157 e. The Hall–Kier alpha value is -1.40. The number of rotatable bonds is 2. The van der Waals surface area contributed by atoms with Crippen molar-refractivity contribution in [3.05, 3.63) is 65.0 Å². The first-order valence-electron chi connectivity index (χ1n) is 5.38. The van der Waals surface area contributed by atoms with Crippen LogP contribution in [0.15, 0.2) is 42.5 Å². The zero-order chi connectivity index (χ0) is 11.5. The third kappa shape index (κ3) is 1.94. The number of benzene rings is 2. The fourth-order valence-corrected chi connectivity index (χ4v) is 2.22. The van der Waals surface area contributed by atoms with Crippen LogP contribution in [0.3, 0.4) is 0 Å². The predicted molar refractivity (Wildman–Crippen MR) is 70.7 cm³/mol. The lowest BCUT2D eigenvalue weighted by atomic mass is 9.95. The van der Waals surface area contributed by atoms with Crippen molar-refractivity contribution < 1.29 is 0 Å². The molecule has 0 aliphatic carbocycles. The number of hydrogen-bond acceptors (Lipinski definition) is 0. The molecule has 2 aromatic carbocycles. The standard InChI is InChI=1S/C15H14Cl/c1-3-12-14(9-6-10-15(12)16)13-8-5-4-7-11(13)2/h3-10H,1-2H3/q+1. The van der Waals surface area contributed by atoms with E-state index in [1.165, 1.54) is 16.7 Å². The molecular formula is C15H14Cl+. The normalized spacial score (nSPS) is 10.2. The highest BCUT2D eigenvalue weighted by Crippen LogP contribution is 2.31. The van der Waals surface area contributed by atoms with Gasteiger partial charge in [-0.25, -0.2) is 0 Å². The number of hydrogen-bond donors (Lipinski definition) is 0. The minimum atomic E-state index is 0.809. The van der Waals surface area contributed by atoms with Crippen molar-refractivity contribution >= 4 is 11.6 Å². The van der Waals surface area contributed by atoms with Crippen LogP contribution < -0.4 is 0 Å². The zero-order valence-corrected chi connectivity index (χ0v) is 10.3. The minimum Gasteiger partial charge on any atom is -0.0619 e. The zero-order valence-electron chi connectivity index (χ0n) is 9.50. The van der Waals surface area contributed by atoms with Crippen LogP contribution in [0.5, 0.6) is 0 Å². The summed E-state index contributed by atoms with van der Waals surface area (Å²) in [5, 5.41) is 0.809. The molecule has 0 heterocycles. The second-order valence-electron chi connectivity index (χ2n) is 3.80. The summed E-state index contributed by atoms with van der Waals surface area (Å²) < 4.78 is 0. The molecule has 80 valence electrons. The van der Waals surface area contributed by atoms with Crippen LogP contribution in [0, 0.1) is 13.3 Å². The van der Waals surface area contributed by atoms with Gasteiger partial charge in [0.2, 0.25) is 0 Å². The average molecular weight is 230 g/mol. The van der Waals surface area contributed by atoms with E-state index in [1.54, 1.807) is 0 Å². The van der Waals surface area contributed by atoms with Gasteiger partial charge < -0.3 is 0 Å². The van der Waals surface area contributed by atoms with E-state index in [4.69, 9.17) is 11.6 Å². The minimum absolute atomic E-state index is 0.809. The Morgan fingerprint density at radius 3 is 2.31 bits per heavy atom. The van der Waals surface area contributed by atoms with Crippen molar-refractivity contribution in [3.8, 4) is 11.1 Å². The molecular weight excluding hydrogens is 216 g/mol. The highest BCUT2D eigenvalue weighted by Gasteiger charge is 2.17. The van der Waals surface area contributed by atoms with Gasteiger partial charge in [-0.3, -0.25) is 0 Å². The first kappa shape index (κ1) is 11.1. The first-order valence-corrected chi connectivity index (χ1v) is 5.75. The summed E-state index contributed by atoms with van der Waals surface area (Å²) >= 11 is 6.20. The van der Waals surface area contributed by atoms with Crippen LogP contribution in [0.1, 0.15) is 18.1 Å². The highest BCUT2D eigenvalue weighted by molar-refractivity contribution is 6.32. The quantitative estimate of drug-likeness (QED) is 0.644. The van der Waals surface area contributed by atoms with Gasteiger partial charge >= 0.3 is 0 Å². The third-order valence-corrected chi connectivity index (χ3v) is 3.11. The molecule has 0 N–H and O–H groups in total. The maximum Gasteiger partial charge on any atom is 0.157 e. The van der Waals surface area contributed by atoms with E-state index in [0.29, 0.717) is 0 Å². The molecule has 0 atom stereocenters. The van der Waals surface area contributed by atoms with E-state index in [2.05, 4.69) is 43.7 Å². The van der Waals surface area contributed by atoms with Crippen LogP contribution >= 0.6 is 11.6 Å². The fraction of sp³-hybridized carbons (Fsp3) is 0.133. The van der Waals surface area contributed by atoms with Crippen LogP contribution in [-0.2, 0) is 0 Å². The Bertz CT molecular complexity index is 501. The lowest BCUT2D eigenvalue weighted by molar-refractivity contribution is 1.39. The fourth-order valence-electron chi connectivity index (χ4n) is 1.94. The Labute approximate surface area is 102 Å². The summed E-state index contributed by atoms with van der Waals surface area (Å²) in [6.07, 6.45) is 2.06. The molecule has 0 aromatic heterocycles. The van der Waals surface area contributed by atoms with E-state index in [9.17, 15) is 0 Å². The molecule has 0 saturated heterocycles. The Balaban J connectivity index is 2.65. The van der Waals surface area contributed by atoms with Crippen molar-refractivity contribution in [2.24, 2.45) is 0 Å². The van der Waals surface area contributed by atoms with Crippen molar-refractivity contribution in [3.63, 3.8) is 0 Å². The van der Waals surface area contributed by atoms with Crippen molar-refractivity contribution in [2.45, 2.75) is 13.8 Å². The van der Waals surface area contributed by atoms with Gasteiger partial charge in [-0.1, -0.05) is 18.2 Å². The van der Waals surface area contributed by atoms with Gasteiger partial charge in [0.15, 0.2) is 10.6 Å². The van der Waals surface area contributed by atoms with E-state index >= 15 is 0 Å². The van der Waals surface area contributed by atoms with Gasteiger partial charge in [0.1, 0.15) is 0 Å². The molecule has 0 fully saturated rings. The number of aryl methyl sites for hydroxylation is 1. The van der Waals surface area contributed by atoms with Gasteiger partial charge in [0.05, 0.1) is 5.56 Å². The lowest BCUT2D eigenvalue weighted by Gasteiger charge is -2.04. The predicted octanol–water partition coefficient (Wildman–Crippen LogP) is 4.89. The van der Waals surface area contributed by atoms with Gasteiger partial charge in [0, 0.05) is 42.6 Å². The summed E-state index contributed by atoms with van der Waals surface area (Å²) in [5.74, 6) is 0. The van der Waals surface area contributed by atoms with Crippen LogP contribution in [0.2, 0.25) is 5.02 Å². The topological polar surface area (TPSA) is 0 Å². The van der Waals surface area contributed by atoms with Crippen LogP contribution in [-0.4, -0.2) is 0 Å². The van der Waals surface area contributed by atoms with Crippen molar-refractivity contribution in [2.75, 3.05) is 0 Å². The summed E-state index contributed by atoms with van der Waals surface area (Å²) in [6.45, 7) is 4.14. The molecule has 0 aliphatic rings. The molecule has 0 aliphatic heterocycles. The lowest BCUT2D eigenvalue weighted by Crippen LogP contribution is -1.89. The molecule has 1 heteroatoms. The molecule has 2 rings (SSSR count). The second-order valence-corrected chi connectivity index (χ2v) is 4.21. The number of halogens is 1. The molecule has 2 aromatic rings. The Morgan fingerprint density at radius 2 is 1.62 bits per heavy atom. The van der Waals surface area contributed by atoms with Crippen LogP contribution in [0.25, 0.3) is 11.1 Å². The smallest absolute Gasteiger partial charge is 0.0619 e. The molecule has 0 saturated carbocycles. The van der Waals surface area contributed by atoms with E-state index in [-0.39, 0.29) is 0 Å².